The summed E-state index contributed by atoms with van der Waals surface area (Å²) < 4.78 is 26.8. The average molecular weight is 408 g/mol. The fourth-order valence-electron chi connectivity index (χ4n) is 3.13. The van der Waals surface area contributed by atoms with Crippen LogP contribution in [-0.2, 0) is 21.2 Å². The number of rotatable bonds is 6. The van der Waals surface area contributed by atoms with Gasteiger partial charge in [0.05, 0.1) is 4.90 Å². The second-order valence-electron chi connectivity index (χ2n) is 6.53. The van der Waals surface area contributed by atoms with Gasteiger partial charge in [-0.1, -0.05) is 17.7 Å². The molecule has 6 nitrogen and oxygen atoms in total. The van der Waals surface area contributed by atoms with Crippen molar-refractivity contribution < 1.29 is 13.2 Å². The van der Waals surface area contributed by atoms with Crippen molar-refractivity contribution in [3.63, 3.8) is 0 Å². The van der Waals surface area contributed by atoms with Gasteiger partial charge in [-0.05, 0) is 55.2 Å². The lowest BCUT2D eigenvalue weighted by atomic mass is 9.97. The van der Waals surface area contributed by atoms with Gasteiger partial charge in [-0.25, -0.2) is 8.42 Å². The molecule has 1 aliphatic heterocycles. The molecule has 27 heavy (non-hydrogen) atoms. The fraction of sp³-hybridized carbons (Fsp3) is 0.368. The summed E-state index contributed by atoms with van der Waals surface area (Å²) in [5, 5.41) is 3.44. The van der Waals surface area contributed by atoms with E-state index in [9.17, 15) is 13.2 Å². The number of carbonyl (C=O) groups excluding carboxylic acids is 1. The largest absolute Gasteiger partial charge is 0.356 e. The number of nitrogens with one attached hydrogen (secondary N) is 1. The standard InChI is InChI=1S/C19H22ClN3O3S/c20-17-3-5-18(6-4-17)27(25,26)23-12-8-16(9-13-23)19(24)22-11-7-15-2-1-10-21-14-15/h1-6,10,14,16H,7-9,11-13H2,(H,22,24). The van der Waals surface area contributed by atoms with Crippen LogP contribution in [0.5, 0.6) is 0 Å². The van der Waals surface area contributed by atoms with Gasteiger partial charge in [0.1, 0.15) is 0 Å². The third-order valence-corrected chi connectivity index (χ3v) is 6.88. The van der Waals surface area contributed by atoms with Crippen LogP contribution in [0.4, 0.5) is 0 Å². The zero-order chi connectivity index (χ0) is 19.3. The van der Waals surface area contributed by atoms with Crippen molar-refractivity contribution >= 4 is 27.5 Å². The van der Waals surface area contributed by atoms with Gasteiger partial charge < -0.3 is 5.32 Å². The number of nitrogens with zero attached hydrogens (tertiary/aromatic N) is 2. The van der Waals surface area contributed by atoms with Crippen LogP contribution < -0.4 is 5.32 Å². The molecule has 0 unspecified atom stereocenters. The first-order valence-electron chi connectivity index (χ1n) is 8.89. The second kappa shape index (κ2) is 8.82. The molecule has 8 heteroatoms. The topological polar surface area (TPSA) is 79.4 Å². The van der Waals surface area contributed by atoms with E-state index in [0.717, 1.165) is 12.0 Å². The Labute approximate surface area is 164 Å². The summed E-state index contributed by atoms with van der Waals surface area (Å²) in [4.78, 5) is 16.6. The lowest BCUT2D eigenvalue weighted by Crippen LogP contribution is -2.43. The molecule has 3 rings (SSSR count). The van der Waals surface area contributed by atoms with Crippen LogP contribution in [0.2, 0.25) is 5.02 Å². The zero-order valence-corrected chi connectivity index (χ0v) is 16.4. The van der Waals surface area contributed by atoms with Crippen LogP contribution in [-0.4, -0.2) is 43.2 Å². The lowest BCUT2D eigenvalue weighted by Gasteiger charge is -2.30. The first-order chi connectivity index (χ1) is 13.0. The summed E-state index contributed by atoms with van der Waals surface area (Å²) >= 11 is 5.83. The van der Waals surface area contributed by atoms with Crippen LogP contribution in [0.3, 0.4) is 0 Å². The first-order valence-corrected chi connectivity index (χ1v) is 10.7. The molecule has 0 aliphatic carbocycles. The Bertz CT molecular complexity index is 865. The van der Waals surface area contributed by atoms with Gasteiger partial charge in [-0.3, -0.25) is 9.78 Å². The molecule has 144 valence electrons. The predicted molar refractivity (Wildman–Crippen MR) is 104 cm³/mol. The molecule has 1 N–H and O–H groups in total. The monoisotopic (exact) mass is 407 g/mol. The minimum atomic E-state index is -3.54. The molecule has 2 aromatic rings. The zero-order valence-electron chi connectivity index (χ0n) is 14.8. The normalized spacial score (nSPS) is 16.2. The highest BCUT2D eigenvalue weighted by molar-refractivity contribution is 7.89. The maximum atomic E-state index is 12.7. The van der Waals surface area contributed by atoms with Crippen molar-refractivity contribution in [2.45, 2.75) is 24.2 Å². The predicted octanol–water partition coefficient (Wildman–Crippen LogP) is 2.49. The van der Waals surface area contributed by atoms with E-state index in [1.165, 1.54) is 16.4 Å². The van der Waals surface area contributed by atoms with Gasteiger partial charge in [0.15, 0.2) is 0 Å². The molecule has 1 saturated heterocycles. The number of aromatic nitrogens is 1. The molecule has 1 aromatic carbocycles. The smallest absolute Gasteiger partial charge is 0.243 e. The van der Waals surface area contributed by atoms with Crippen molar-refractivity contribution in [3.05, 3.63) is 59.4 Å². The number of amides is 1. The van der Waals surface area contributed by atoms with Gasteiger partial charge in [0.25, 0.3) is 0 Å². The van der Waals surface area contributed by atoms with Crippen LogP contribution in [0.15, 0.2) is 53.7 Å². The number of piperidine rings is 1. The number of halogens is 1. The van der Waals surface area contributed by atoms with Crippen molar-refractivity contribution in [1.82, 2.24) is 14.6 Å². The van der Waals surface area contributed by atoms with Gasteiger partial charge in [-0.15, -0.1) is 0 Å². The van der Waals surface area contributed by atoms with Crippen LogP contribution in [0, 0.1) is 5.92 Å². The molecule has 1 aromatic heterocycles. The SMILES string of the molecule is O=C(NCCc1cccnc1)C1CCN(S(=O)(=O)c2ccc(Cl)cc2)CC1. The molecule has 0 radical (unpaired) electrons. The Kier molecular flexibility index (Phi) is 6.46. The van der Waals surface area contributed by atoms with Gasteiger partial charge in [0, 0.05) is 43.0 Å². The molecular weight excluding hydrogens is 386 g/mol. The number of sulfonamides is 1. The Balaban J connectivity index is 1.49. The summed E-state index contributed by atoms with van der Waals surface area (Å²) in [7, 11) is -3.54. The highest BCUT2D eigenvalue weighted by atomic mass is 35.5. The minimum Gasteiger partial charge on any atom is -0.356 e. The summed E-state index contributed by atoms with van der Waals surface area (Å²) in [5.41, 5.74) is 1.07. The molecule has 1 aliphatic rings. The summed E-state index contributed by atoms with van der Waals surface area (Å²) in [6.07, 6.45) is 5.26. The third kappa shape index (κ3) is 5.06. The van der Waals surface area contributed by atoms with Crippen LogP contribution in [0.25, 0.3) is 0 Å². The highest BCUT2D eigenvalue weighted by Gasteiger charge is 2.31. The van der Waals surface area contributed by atoms with E-state index in [-0.39, 0.29) is 16.7 Å². The van der Waals surface area contributed by atoms with E-state index in [4.69, 9.17) is 11.6 Å². The molecule has 2 heterocycles. The molecule has 0 bridgehead atoms. The Morgan fingerprint density at radius 1 is 1.19 bits per heavy atom. The maximum Gasteiger partial charge on any atom is 0.243 e. The maximum absolute atomic E-state index is 12.7. The van der Waals surface area contributed by atoms with Crippen molar-refractivity contribution in [2.24, 2.45) is 5.92 Å². The minimum absolute atomic E-state index is 0.0116. The van der Waals surface area contributed by atoms with E-state index in [1.807, 2.05) is 12.1 Å². The number of pyridine rings is 1. The number of carbonyl (C=O) groups is 1. The molecule has 0 saturated carbocycles. The summed E-state index contributed by atoms with van der Waals surface area (Å²) in [5.74, 6) is -0.169. The van der Waals surface area contributed by atoms with Gasteiger partial charge >= 0.3 is 0 Å². The summed E-state index contributed by atoms with van der Waals surface area (Å²) in [6.45, 7) is 1.23. The quantitative estimate of drug-likeness (QED) is 0.797. The van der Waals surface area contributed by atoms with Gasteiger partial charge in [0.2, 0.25) is 15.9 Å². The van der Waals surface area contributed by atoms with Gasteiger partial charge in [-0.2, -0.15) is 4.31 Å². The fourth-order valence-corrected chi connectivity index (χ4v) is 4.73. The Morgan fingerprint density at radius 2 is 1.89 bits per heavy atom. The van der Waals surface area contributed by atoms with Crippen LogP contribution in [0.1, 0.15) is 18.4 Å². The molecule has 1 amide bonds. The molecular formula is C19H22ClN3O3S. The molecule has 0 atom stereocenters. The van der Waals surface area contributed by atoms with Crippen LogP contribution >= 0.6 is 11.6 Å². The van der Waals surface area contributed by atoms with Crippen molar-refractivity contribution in [1.29, 1.82) is 0 Å². The first kappa shape index (κ1) is 19.8. The van der Waals surface area contributed by atoms with Crippen molar-refractivity contribution in [3.8, 4) is 0 Å². The molecule has 1 fully saturated rings. The van der Waals surface area contributed by atoms with E-state index in [1.54, 1.807) is 24.5 Å². The number of hydrogen-bond acceptors (Lipinski definition) is 4. The number of hydrogen-bond donors (Lipinski definition) is 1. The highest BCUT2D eigenvalue weighted by Crippen LogP contribution is 2.24. The Hall–Kier alpha value is -1.96. The van der Waals surface area contributed by atoms with E-state index < -0.39 is 10.0 Å². The third-order valence-electron chi connectivity index (χ3n) is 4.71. The van der Waals surface area contributed by atoms with E-state index >= 15 is 0 Å². The van der Waals surface area contributed by atoms with E-state index in [0.29, 0.717) is 37.5 Å². The lowest BCUT2D eigenvalue weighted by molar-refractivity contribution is -0.126. The van der Waals surface area contributed by atoms with E-state index in [2.05, 4.69) is 10.3 Å². The Morgan fingerprint density at radius 3 is 2.52 bits per heavy atom. The average Bonchev–Trinajstić information content (AvgIpc) is 2.69. The number of benzene rings is 1. The second-order valence-corrected chi connectivity index (χ2v) is 8.91. The summed E-state index contributed by atoms with van der Waals surface area (Å²) in [6, 6.07) is 9.99. The molecule has 0 spiro atoms. The van der Waals surface area contributed by atoms with Crippen molar-refractivity contribution in [2.75, 3.05) is 19.6 Å².